The van der Waals surface area contributed by atoms with Crippen molar-refractivity contribution in [2.75, 3.05) is 11.1 Å². The monoisotopic (exact) mass is 294 g/mol. The normalized spacial score (nSPS) is 9.45. The first-order chi connectivity index (χ1) is 10.6. The molecule has 0 saturated heterocycles. The minimum absolute atomic E-state index is 0.0764. The number of phenols is 2. The lowest BCUT2D eigenvalue weighted by Crippen LogP contribution is -1.90. The molecule has 0 fully saturated rings. The Morgan fingerprint density at radius 2 is 1.05 bits per heavy atom. The fourth-order valence-electron chi connectivity index (χ4n) is 1.72. The van der Waals surface area contributed by atoms with Crippen molar-refractivity contribution in [3.63, 3.8) is 0 Å². The summed E-state index contributed by atoms with van der Waals surface area (Å²) in [5.74, 6) is -0.153. The third-order valence-corrected chi connectivity index (χ3v) is 2.85. The summed E-state index contributed by atoms with van der Waals surface area (Å²) >= 11 is 0. The maximum Gasteiger partial charge on any atom is 0.157 e. The van der Waals surface area contributed by atoms with E-state index in [2.05, 4.69) is 5.32 Å². The van der Waals surface area contributed by atoms with Gasteiger partial charge in [-0.3, -0.25) is 0 Å². The third-order valence-electron chi connectivity index (χ3n) is 2.85. The van der Waals surface area contributed by atoms with Crippen molar-refractivity contribution in [2.24, 2.45) is 0 Å². The standard InChI is InChI=1S/C12H12N2.C6H6O2/c13-10-6-8-12(9-7-10)14-11-4-2-1-3-5-11;7-5-3-1-2-4-6(5)8/h1-9,14H,13H2;1-4,7-8H. The molecule has 3 rings (SSSR count). The Morgan fingerprint density at radius 3 is 1.55 bits per heavy atom. The average Bonchev–Trinajstić information content (AvgIpc) is 2.54. The highest BCUT2D eigenvalue weighted by atomic mass is 16.3. The van der Waals surface area contributed by atoms with Crippen molar-refractivity contribution >= 4 is 17.1 Å². The summed E-state index contributed by atoms with van der Waals surface area (Å²) in [4.78, 5) is 0. The minimum atomic E-state index is -0.0764. The molecule has 4 nitrogen and oxygen atoms in total. The number of para-hydroxylation sites is 3. The number of nitrogen functional groups attached to an aromatic ring is 1. The summed E-state index contributed by atoms with van der Waals surface area (Å²) in [6.45, 7) is 0. The molecule has 0 spiro atoms. The van der Waals surface area contributed by atoms with Gasteiger partial charge in [-0.2, -0.15) is 0 Å². The van der Waals surface area contributed by atoms with Crippen LogP contribution < -0.4 is 11.1 Å². The molecule has 0 aliphatic heterocycles. The number of aromatic hydroxyl groups is 2. The number of anilines is 3. The van der Waals surface area contributed by atoms with E-state index in [9.17, 15) is 0 Å². The van der Waals surface area contributed by atoms with Crippen molar-refractivity contribution < 1.29 is 10.2 Å². The van der Waals surface area contributed by atoms with Crippen LogP contribution in [-0.4, -0.2) is 10.2 Å². The van der Waals surface area contributed by atoms with Crippen molar-refractivity contribution in [3.05, 3.63) is 78.9 Å². The summed E-state index contributed by atoms with van der Waals surface area (Å²) < 4.78 is 0. The van der Waals surface area contributed by atoms with Gasteiger partial charge in [0.05, 0.1) is 0 Å². The SMILES string of the molecule is Nc1ccc(Nc2ccccc2)cc1.Oc1ccccc1O. The predicted molar refractivity (Wildman–Crippen MR) is 90.4 cm³/mol. The quantitative estimate of drug-likeness (QED) is 0.423. The molecule has 22 heavy (non-hydrogen) atoms. The summed E-state index contributed by atoms with van der Waals surface area (Å²) in [6.07, 6.45) is 0. The van der Waals surface area contributed by atoms with E-state index in [1.165, 1.54) is 12.1 Å². The molecule has 0 aliphatic carbocycles. The molecular formula is C18H18N2O2. The highest BCUT2D eigenvalue weighted by Crippen LogP contribution is 2.21. The molecule has 0 aromatic heterocycles. The second kappa shape index (κ2) is 7.59. The van der Waals surface area contributed by atoms with Crippen LogP contribution in [0.1, 0.15) is 0 Å². The first-order valence-electron chi connectivity index (χ1n) is 6.80. The zero-order valence-electron chi connectivity index (χ0n) is 12.0. The van der Waals surface area contributed by atoms with Gasteiger partial charge in [0.25, 0.3) is 0 Å². The number of hydrogen-bond acceptors (Lipinski definition) is 4. The molecule has 0 heterocycles. The van der Waals surface area contributed by atoms with Crippen LogP contribution in [-0.2, 0) is 0 Å². The highest BCUT2D eigenvalue weighted by Gasteiger charge is 1.92. The lowest BCUT2D eigenvalue weighted by atomic mass is 10.2. The number of phenolic OH excluding ortho intramolecular Hbond substituents is 2. The molecule has 4 heteroatoms. The lowest BCUT2D eigenvalue weighted by Gasteiger charge is -2.05. The van der Waals surface area contributed by atoms with Gasteiger partial charge in [0, 0.05) is 17.1 Å². The van der Waals surface area contributed by atoms with Crippen LogP contribution in [0.3, 0.4) is 0 Å². The zero-order chi connectivity index (χ0) is 15.8. The van der Waals surface area contributed by atoms with Crippen molar-refractivity contribution in [1.29, 1.82) is 0 Å². The summed E-state index contributed by atoms with van der Waals surface area (Å²) in [5.41, 5.74) is 8.50. The third kappa shape index (κ3) is 4.76. The smallest absolute Gasteiger partial charge is 0.157 e. The first kappa shape index (κ1) is 15.3. The molecule has 0 aliphatic rings. The number of nitrogens with one attached hydrogen (secondary N) is 1. The molecule has 3 aromatic rings. The highest BCUT2D eigenvalue weighted by molar-refractivity contribution is 5.61. The Morgan fingerprint density at radius 1 is 0.591 bits per heavy atom. The van der Waals surface area contributed by atoms with Crippen molar-refractivity contribution in [2.45, 2.75) is 0 Å². The van der Waals surface area contributed by atoms with Crippen LogP contribution >= 0.6 is 0 Å². The van der Waals surface area contributed by atoms with Gasteiger partial charge in [-0.05, 0) is 48.5 Å². The van der Waals surface area contributed by atoms with Crippen LogP contribution in [0, 0.1) is 0 Å². The van der Waals surface area contributed by atoms with Crippen LogP contribution in [0.15, 0.2) is 78.9 Å². The predicted octanol–water partition coefficient (Wildman–Crippen LogP) is 4.11. The average molecular weight is 294 g/mol. The number of hydrogen-bond donors (Lipinski definition) is 4. The van der Waals surface area contributed by atoms with Crippen molar-refractivity contribution in [3.8, 4) is 11.5 Å². The van der Waals surface area contributed by atoms with Crippen LogP contribution in [0.25, 0.3) is 0 Å². The van der Waals surface area contributed by atoms with E-state index in [4.69, 9.17) is 15.9 Å². The van der Waals surface area contributed by atoms with Gasteiger partial charge in [0.2, 0.25) is 0 Å². The summed E-state index contributed by atoms with van der Waals surface area (Å²) in [7, 11) is 0. The fraction of sp³-hybridized carbons (Fsp3) is 0. The van der Waals surface area contributed by atoms with Crippen LogP contribution in [0.2, 0.25) is 0 Å². The Kier molecular flexibility index (Phi) is 5.26. The maximum absolute atomic E-state index is 8.67. The summed E-state index contributed by atoms with van der Waals surface area (Å²) in [5, 5.41) is 20.6. The Bertz CT molecular complexity index is 677. The van der Waals surface area contributed by atoms with Gasteiger partial charge in [-0.15, -0.1) is 0 Å². The van der Waals surface area contributed by atoms with Crippen LogP contribution in [0.5, 0.6) is 11.5 Å². The van der Waals surface area contributed by atoms with E-state index < -0.39 is 0 Å². The van der Waals surface area contributed by atoms with E-state index in [1.54, 1.807) is 12.1 Å². The first-order valence-corrected chi connectivity index (χ1v) is 6.80. The van der Waals surface area contributed by atoms with E-state index in [0.29, 0.717) is 0 Å². The molecule has 112 valence electrons. The molecule has 0 saturated carbocycles. The Labute approximate surface area is 129 Å². The van der Waals surface area contributed by atoms with E-state index in [1.807, 2.05) is 54.6 Å². The van der Waals surface area contributed by atoms with Gasteiger partial charge in [-0.25, -0.2) is 0 Å². The van der Waals surface area contributed by atoms with Gasteiger partial charge in [-0.1, -0.05) is 30.3 Å². The lowest BCUT2D eigenvalue weighted by molar-refractivity contribution is 0.404. The molecule has 0 bridgehead atoms. The topological polar surface area (TPSA) is 78.5 Å². The second-order valence-electron chi connectivity index (χ2n) is 4.60. The number of benzene rings is 3. The van der Waals surface area contributed by atoms with E-state index >= 15 is 0 Å². The minimum Gasteiger partial charge on any atom is -0.504 e. The van der Waals surface area contributed by atoms with Gasteiger partial charge >= 0.3 is 0 Å². The van der Waals surface area contributed by atoms with Crippen LogP contribution in [0.4, 0.5) is 17.1 Å². The molecule has 0 radical (unpaired) electrons. The number of rotatable bonds is 2. The van der Waals surface area contributed by atoms with Gasteiger partial charge in [0.15, 0.2) is 11.5 Å². The second-order valence-corrected chi connectivity index (χ2v) is 4.60. The Hall–Kier alpha value is -3.14. The number of nitrogens with two attached hydrogens (primary N) is 1. The van der Waals surface area contributed by atoms with E-state index in [-0.39, 0.29) is 11.5 Å². The van der Waals surface area contributed by atoms with Crippen molar-refractivity contribution in [1.82, 2.24) is 0 Å². The van der Waals surface area contributed by atoms with Gasteiger partial charge in [0.1, 0.15) is 0 Å². The molecule has 0 amide bonds. The Balaban J connectivity index is 0.000000188. The largest absolute Gasteiger partial charge is 0.504 e. The van der Waals surface area contributed by atoms with E-state index in [0.717, 1.165) is 17.1 Å². The molecule has 5 N–H and O–H groups in total. The molecule has 0 atom stereocenters. The summed E-state index contributed by atoms with van der Waals surface area (Å²) in [6, 6.07) is 23.9. The molecule has 0 unspecified atom stereocenters. The van der Waals surface area contributed by atoms with Gasteiger partial charge < -0.3 is 21.3 Å². The molecular weight excluding hydrogens is 276 g/mol. The fourth-order valence-corrected chi connectivity index (χ4v) is 1.72. The maximum atomic E-state index is 8.67. The zero-order valence-corrected chi connectivity index (χ0v) is 12.0. The molecule has 3 aromatic carbocycles.